The van der Waals surface area contributed by atoms with E-state index in [9.17, 15) is 0 Å². The van der Waals surface area contributed by atoms with Crippen molar-refractivity contribution >= 4 is 5.69 Å². The third-order valence-corrected chi connectivity index (χ3v) is 4.24. The lowest BCUT2D eigenvalue weighted by Crippen LogP contribution is -2.15. The van der Waals surface area contributed by atoms with Crippen LogP contribution >= 0.6 is 0 Å². The average molecular weight is 313 g/mol. The molecule has 1 fully saturated rings. The summed E-state index contributed by atoms with van der Waals surface area (Å²) in [5.41, 5.74) is 10.7. The summed E-state index contributed by atoms with van der Waals surface area (Å²) in [6.07, 6.45) is 5.52. The monoisotopic (exact) mass is 313 g/mol. The molecule has 0 radical (unpaired) electrons. The number of nitrogen functional groups attached to an aromatic ring is 1. The minimum absolute atomic E-state index is 0.423. The molecule has 0 saturated carbocycles. The molecule has 0 amide bonds. The van der Waals surface area contributed by atoms with Crippen molar-refractivity contribution < 1.29 is 9.47 Å². The Kier molecular flexibility index (Phi) is 4.76. The standard InChI is InChI=1S/C18H23N3O2/c1-3-23-18-17(13-4-6-22-7-5-13)8-14(10-21-18)16-9-15(19)11-20-12(16)2/h8-11,13H,3-7,19H2,1-2H3. The van der Waals surface area contributed by atoms with E-state index < -0.39 is 0 Å². The van der Waals surface area contributed by atoms with Crippen LogP contribution in [0.5, 0.6) is 5.88 Å². The lowest BCUT2D eigenvalue weighted by atomic mass is 9.90. The number of hydrogen-bond donors (Lipinski definition) is 1. The second kappa shape index (κ2) is 6.96. The van der Waals surface area contributed by atoms with Gasteiger partial charge in [-0.25, -0.2) is 4.98 Å². The summed E-state index contributed by atoms with van der Waals surface area (Å²) in [4.78, 5) is 8.91. The van der Waals surface area contributed by atoms with Crippen LogP contribution in [0.25, 0.3) is 11.1 Å². The fourth-order valence-electron chi connectivity index (χ4n) is 3.02. The Balaban J connectivity index is 2.03. The van der Waals surface area contributed by atoms with E-state index in [1.165, 1.54) is 0 Å². The normalized spacial score (nSPS) is 15.6. The first-order valence-electron chi connectivity index (χ1n) is 8.12. The molecule has 0 aromatic carbocycles. The van der Waals surface area contributed by atoms with Crippen LogP contribution in [0.1, 0.15) is 36.9 Å². The van der Waals surface area contributed by atoms with Gasteiger partial charge in [-0.2, -0.15) is 0 Å². The van der Waals surface area contributed by atoms with Crippen LogP contribution in [-0.2, 0) is 4.74 Å². The lowest BCUT2D eigenvalue weighted by Gasteiger charge is -2.24. The average Bonchev–Trinajstić information content (AvgIpc) is 2.58. The Hall–Kier alpha value is -2.14. The first-order chi connectivity index (χ1) is 11.2. The maximum atomic E-state index is 5.90. The summed E-state index contributed by atoms with van der Waals surface area (Å²) in [6, 6.07) is 4.13. The van der Waals surface area contributed by atoms with Crippen LogP contribution in [0.15, 0.2) is 24.5 Å². The van der Waals surface area contributed by atoms with Crippen molar-refractivity contribution in [1.29, 1.82) is 0 Å². The van der Waals surface area contributed by atoms with Gasteiger partial charge >= 0.3 is 0 Å². The predicted molar refractivity (Wildman–Crippen MR) is 90.6 cm³/mol. The van der Waals surface area contributed by atoms with Crippen LogP contribution in [0, 0.1) is 6.92 Å². The summed E-state index contributed by atoms with van der Waals surface area (Å²) in [5, 5.41) is 0. The molecule has 1 saturated heterocycles. The third-order valence-electron chi connectivity index (χ3n) is 4.24. The van der Waals surface area contributed by atoms with Crippen molar-refractivity contribution in [2.75, 3.05) is 25.6 Å². The van der Waals surface area contributed by atoms with Crippen molar-refractivity contribution in [1.82, 2.24) is 9.97 Å². The van der Waals surface area contributed by atoms with Gasteiger partial charge in [0, 0.05) is 41.8 Å². The Morgan fingerprint density at radius 2 is 2.00 bits per heavy atom. The van der Waals surface area contributed by atoms with Gasteiger partial charge in [0.25, 0.3) is 0 Å². The molecule has 1 aliphatic heterocycles. The molecule has 0 aliphatic carbocycles. The molecule has 0 unspecified atom stereocenters. The number of aryl methyl sites for hydroxylation is 1. The second-order valence-electron chi connectivity index (χ2n) is 5.84. The van der Waals surface area contributed by atoms with Crippen molar-refractivity contribution in [3.8, 4) is 17.0 Å². The summed E-state index contributed by atoms with van der Waals surface area (Å²) in [6.45, 7) is 6.16. The zero-order valence-corrected chi connectivity index (χ0v) is 13.7. The number of nitrogens with two attached hydrogens (primary N) is 1. The molecule has 3 heterocycles. The molecule has 2 aromatic heterocycles. The topological polar surface area (TPSA) is 70.3 Å². The van der Waals surface area contributed by atoms with Gasteiger partial charge in [-0.15, -0.1) is 0 Å². The first kappa shape index (κ1) is 15.7. The molecule has 5 nitrogen and oxygen atoms in total. The van der Waals surface area contributed by atoms with Crippen LogP contribution < -0.4 is 10.5 Å². The van der Waals surface area contributed by atoms with Crippen molar-refractivity contribution in [3.05, 3.63) is 35.8 Å². The Morgan fingerprint density at radius 3 is 2.74 bits per heavy atom. The molecule has 2 aromatic rings. The van der Waals surface area contributed by atoms with Crippen molar-refractivity contribution in [3.63, 3.8) is 0 Å². The minimum atomic E-state index is 0.423. The third kappa shape index (κ3) is 3.45. The van der Waals surface area contributed by atoms with Crippen LogP contribution in [-0.4, -0.2) is 29.8 Å². The predicted octanol–water partition coefficient (Wildman–Crippen LogP) is 3.33. The van der Waals surface area contributed by atoms with E-state index >= 15 is 0 Å². The highest BCUT2D eigenvalue weighted by Crippen LogP contribution is 2.36. The highest BCUT2D eigenvalue weighted by molar-refractivity contribution is 5.69. The summed E-state index contributed by atoms with van der Waals surface area (Å²) >= 11 is 0. The quantitative estimate of drug-likeness (QED) is 0.937. The molecular formula is C18H23N3O2. The number of anilines is 1. The maximum absolute atomic E-state index is 5.90. The lowest BCUT2D eigenvalue weighted by molar-refractivity contribution is 0.0845. The number of rotatable bonds is 4. The van der Waals surface area contributed by atoms with Crippen LogP contribution in [0.4, 0.5) is 5.69 Å². The highest BCUT2D eigenvalue weighted by atomic mass is 16.5. The Labute approximate surface area is 136 Å². The van der Waals surface area contributed by atoms with E-state index in [1.807, 2.05) is 26.1 Å². The largest absolute Gasteiger partial charge is 0.478 e. The van der Waals surface area contributed by atoms with Crippen LogP contribution in [0.2, 0.25) is 0 Å². The molecular weight excluding hydrogens is 290 g/mol. The first-order valence-corrected chi connectivity index (χ1v) is 8.12. The molecule has 23 heavy (non-hydrogen) atoms. The Morgan fingerprint density at radius 1 is 1.22 bits per heavy atom. The van der Waals surface area contributed by atoms with Gasteiger partial charge < -0.3 is 15.2 Å². The van der Waals surface area contributed by atoms with Crippen molar-refractivity contribution in [2.24, 2.45) is 0 Å². The van der Waals surface area contributed by atoms with E-state index in [2.05, 4.69) is 16.0 Å². The molecule has 122 valence electrons. The number of hydrogen-bond acceptors (Lipinski definition) is 5. The van der Waals surface area contributed by atoms with Gasteiger partial charge in [-0.1, -0.05) is 0 Å². The Bertz CT molecular complexity index is 682. The maximum Gasteiger partial charge on any atom is 0.216 e. The zero-order valence-electron chi connectivity index (χ0n) is 13.7. The molecule has 0 spiro atoms. The molecule has 5 heteroatoms. The summed E-state index contributed by atoms with van der Waals surface area (Å²) < 4.78 is 11.2. The van der Waals surface area contributed by atoms with E-state index in [0.717, 1.165) is 54.3 Å². The molecule has 0 atom stereocenters. The molecule has 2 N–H and O–H groups in total. The highest BCUT2D eigenvalue weighted by Gasteiger charge is 2.21. The fourth-order valence-corrected chi connectivity index (χ4v) is 3.02. The van der Waals surface area contributed by atoms with Gasteiger partial charge in [0.2, 0.25) is 5.88 Å². The van der Waals surface area contributed by atoms with E-state index in [-0.39, 0.29) is 0 Å². The summed E-state index contributed by atoms with van der Waals surface area (Å²) in [5.74, 6) is 1.16. The smallest absolute Gasteiger partial charge is 0.216 e. The summed E-state index contributed by atoms with van der Waals surface area (Å²) in [7, 11) is 0. The van der Waals surface area contributed by atoms with Gasteiger partial charge in [-0.3, -0.25) is 4.98 Å². The van der Waals surface area contributed by atoms with Crippen LogP contribution in [0.3, 0.4) is 0 Å². The van der Waals surface area contributed by atoms with Gasteiger partial charge in [0.15, 0.2) is 0 Å². The molecule has 0 bridgehead atoms. The number of pyridine rings is 2. The van der Waals surface area contributed by atoms with Crippen molar-refractivity contribution in [2.45, 2.75) is 32.6 Å². The molecule has 3 rings (SSSR count). The van der Waals surface area contributed by atoms with Gasteiger partial charge in [0.05, 0.1) is 18.5 Å². The van der Waals surface area contributed by atoms with E-state index in [0.29, 0.717) is 18.2 Å². The SMILES string of the molecule is CCOc1ncc(-c2cc(N)cnc2C)cc1C1CCOCC1. The van der Waals surface area contributed by atoms with Gasteiger partial charge in [0.1, 0.15) is 0 Å². The number of aromatic nitrogens is 2. The number of ether oxygens (including phenoxy) is 2. The zero-order chi connectivity index (χ0) is 16.2. The van der Waals surface area contributed by atoms with E-state index in [1.54, 1.807) is 6.20 Å². The molecule has 1 aliphatic rings. The minimum Gasteiger partial charge on any atom is -0.478 e. The van der Waals surface area contributed by atoms with Gasteiger partial charge in [-0.05, 0) is 44.7 Å². The van der Waals surface area contributed by atoms with E-state index in [4.69, 9.17) is 15.2 Å². The second-order valence-corrected chi connectivity index (χ2v) is 5.84. The number of nitrogens with zero attached hydrogens (tertiary/aromatic N) is 2. The fraction of sp³-hybridized carbons (Fsp3) is 0.444.